The zero-order valence-electron chi connectivity index (χ0n) is 15.6. The maximum atomic E-state index is 13.3. The van der Waals surface area contributed by atoms with Crippen LogP contribution in [0.5, 0.6) is 0 Å². The van der Waals surface area contributed by atoms with E-state index in [-0.39, 0.29) is 5.82 Å². The second-order valence-electron chi connectivity index (χ2n) is 7.03. The molecule has 0 aliphatic heterocycles. The number of carbonyl (C=O) groups excluding carboxylic acids is 2. The number of carbonyl (C=O) groups is 2. The first kappa shape index (κ1) is 19.6. The summed E-state index contributed by atoms with van der Waals surface area (Å²) in [5.74, 6) is -1.31. The maximum absolute atomic E-state index is 13.3. The summed E-state index contributed by atoms with van der Waals surface area (Å²) in [4.78, 5) is 25.4. The molecular weight excluding hydrogens is 359 g/mol. The van der Waals surface area contributed by atoms with Gasteiger partial charge < -0.3 is 10.1 Å². The second kappa shape index (κ2) is 8.22. The van der Waals surface area contributed by atoms with Gasteiger partial charge in [-0.15, -0.1) is 0 Å². The van der Waals surface area contributed by atoms with E-state index in [0.717, 1.165) is 12.8 Å². The van der Waals surface area contributed by atoms with Crippen LogP contribution >= 0.6 is 0 Å². The third-order valence-electron chi connectivity index (χ3n) is 5.16. The molecular formula is C22H21FN2O3. The Kier molecular flexibility index (Phi) is 5.74. The molecule has 0 radical (unpaired) electrons. The van der Waals surface area contributed by atoms with Crippen molar-refractivity contribution in [3.05, 3.63) is 65.5 Å². The minimum absolute atomic E-state index is 0.363. The lowest BCUT2D eigenvalue weighted by molar-refractivity contribution is -0.159. The summed E-state index contributed by atoms with van der Waals surface area (Å²) in [5, 5.41) is 11.6. The number of halogens is 1. The van der Waals surface area contributed by atoms with Crippen molar-refractivity contribution in [1.82, 2.24) is 0 Å². The lowest BCUT2D eigenvalue weighted by Gasteiger charge is -2.28. The highest BCUT2D eigenvalue weighted by atomic mass is 19.1. The molecule has 28 heavy (non-hydrogen) atoms. The van der Waals surface area contributed by atoms with Crippen LogP contribution in [-0.2, 0) is 19.7 Å². The number of benzene rings is 2. The highest BCUT2D eigenvalue weighted by Crippen LogP contribution is 2.42. The van der Waals surface area contributed by atoms with E-state index in [4.69, 9.17) is 10.00 Å². The molecule has 1 saturated carbocycles. The number of hydrogen-bond donors (Lipinski definition) is 1. The monoisotopic (exact) mass is 380 g/mol. The fourth-order valence-corrected chi connectivity index (χ4v) is 3.60. The van der Waals surface area contributed by atoms with Gasteiger partial charge >= 0.3 is 5.97 Å². The van der Waals surface area contributed by atoms with Gasteiger partial charge in [-0.2, -0.15) is 5.26 Å². The van der Waals surface area contributed by atoms with Crippen molar-refractivity contribution in [3.63, 3.8) is 0 Å². The number of rotatable bonds is 5. The molecule has 5 nitrogen and oxygen atoms in total. The predicted molar refractivity (Wildman–Crippen MR) is 102 cm³/mol. The molecule has 2 aromatic rings. The van der Waals surface area contributed by atoms with Crippen LogP contribution in [0.4, 0.5) is 10.1 Å². The third kappa shape index (κ3) is 4.04. The molecule has 1 fully saturated rings. The van der Waals surface area contributed by atoms with Gasteiger partial charge in [0.2, 0.25) is 0 Å². The molecule has 0 unspecified atom stereocenters. The molecule has 3 rings (SSSR count). The summed E-state index contributed by atoms with van der Waals surface area (Å²) in [5.41, 5.74) is 0.749. The van der Waals surface area contributed by atoms with E-state index in [0.29, 0.717) is 29.7 Å². The van der Waals surface area contributed by atoms with Gasteiger partial charge in [-0.3, -0.25) is 9.59 Å². The average molecular weight is 380 g/mol. The third-order valence-corrected chi connectivity index (χ3v) is 5.16. The molecule has 0 saturated heterocycles. The standard InChI is InChI=1S/C22H21FN2O3/c1-15(20(26)25-19-6-4-5-16(13-19)14-24)28-21(27)22(11-2-3-12-22)17-7-9-18(23)10-8-17/h4-10,13,15H,2-3,11-12H2,1H3,(H,25,26)/t15-/m1/s1. The van der Waals surface area contributed by atoms with Crippen LogP contribution in [-0.4, -0.2) is 18.0 Å². The van der Waals surface area contributed by atoms with Crippen LogP contribution in [0.1, 0.15) is 43.7 Å². The van der Waals surface area contributed by atoms with Gasteiger partial charge in [0.25, 0.3) is 5.91 Å². The quantitative estimate of drug-likeness (QED) is 0.793. The van der Waals surface area contributed by atoms with E-state index in [1.807, 2.05) is 6.07 Å². The first-order valence-corrected chi connectivity index (χ1v) is 9.23. The summed E-state index contributed by atoms with van der Waals surface area (Å²) >= 11 is 0. The minimum atomic E-state index is -1.00. The summed E-state index contributed by atoms with van der Waals surface area (Å²) in [6, 6.07) is 14.4. The van der Waals surface area contributed by atoms with E-state index in [1.165, 1.54) is 19.1 Å². The minimum Gasteiger partial charge on any atom is -0.452 e. The summed E-state index contributed by atoms with van der Waals surface area (Å²) < 4.78 is 18.8. The Morgan fingerprint density at radius 2 is 1.86 bits per heavy atom. The smallest absolute Gasteiger partial charge is 0.317 e. The number of ether oxygens (including phenoxy) is 1. The van der Waals surface area contributed by atoms with Crippen molar-refractivity contribution in [2.75, 3.05) is 5.32 Å². The maximum Gasteiger partial charge on any atom is 0.317 e. The van der Waals surface area contributed by atoms with E-state index in [1.54, 1.807) is 36.4 Å². The van der Waals surface area contributed by atoms with Gasteiger partial charge in [-0.1, -0.05) is 31.0 Å². The lowest BCUT2D eigenvalue weighted by Crippen LogP contribution is -2.39. The Morgan fingerprint density at radius 3 is 2.50 bits per heavy atom. The first-order chi connectivity index (χ1) is 13.4. The zero-order valence-corrected chi connectivity index (χ0v) is 15.6. The molecule has 6 heteroatoms. The fraction of sp³-hybridized carbons (Fsp3) is 0.318. The van der Waals surface area contributed by atoms with Crippen LogP contribution in [0.2, 0.25) is 0 Å². The van der Waals surface area contributed by atoms with E-state index in [9.17, 15) is 14.0 Å². The Balaban J connectivity index is 1.71. The number of amides is 1. The van der Waals surface area contributed by atoms with Crippen LogP contribution < -0.4 is 5.32 Å². The second-order valence-corrected chi connectivity index (χ2v) is 7.03. The van der Waals surface area contributed by atoms with Gasteiger partial charge in [0.1, 0.15) is 5.82 Å². The van der Waals surface area contributed by atoms with Crippen molar-refractivity contribution in [2.45, 2.75) is 44.1 Å². The molecule has 0 aromatic heterocycles. The number of nitrogens with zero attached hydrogens (tertiary/aromatic N) is 1. The van der Waals surface area contributed by atoms with Crippen molar-refractivity contribution in [1.29, 1.82) is 5.26 Å². The lowest BCUT2D eigenvalue weighted by atomic mass is 9.79. The largest absolute Gasteiger partial charge is 0.452 e. The number of hydrogen-bond acceptors (Lipinski definition) is 4. The molecule has 1 amide bonds. The molecule has 1 atom stereocenters. The SMILES string of the molecule is C[C@@H](OC(=O)C1(c2ccc(F)cc2)CCCC1)C(=O)Nc1cccc(C#N)c1. The van der Waals surface area contributed by atoms with Crippen LogP contribution in [0.25, 0.3) is 0 Å². The van der Waals surface area contributed by atoms with Crippen LogP contribution in [0.3, 0.4) is 0 Å². The summed E-state index contributed by atoms with van der Waals surface area (Å²) in [7, 11) is 0. The fourth-order valence-electron chi connectivity index (χ4n) is 3.60. The topological polar surface area (TPSA) is 79.2 Å². The molecule has 1 aliphatic carbocycles. The predicted octanol–water partition coefficient (Wildman–Crippen LogP) is 4.08. The molecule has 0 heterocycles. The van der Waals surface area contributed by atoms with Gasteiger partial charge in [0.05, 0.1) is 17.0 Å². The number of nitriles is 1. The average Bonchev–Trinajstić information content (AvgIpc) is 3.19. The highest BCUT2D eigenvalue weighted by Gasteiger charge is 2.45. The van der Waals surface area contributed by atoms with Gasteiger partial charge in [0, 0.05) is 5.69 Å². The number of anilines is 1. The number of nitrogens with one attached hydrogen (secondary N) is 1. The highest BCUT2D eigenvalue weighted by molar-refractivity contribution is 5.96. The Bertz CT molecular complexity index is 912. The van der Waals surface area contributed by atoms with Crippen molar-refractivity contribution in [3.8, 4) is 6.07 Å². The van der Waals surface area contributed by atoms with Gasteiger partial charge in [-0.25, -0.2) is 4.39 Å². The summed E-state index contributed by atoms with van der Waals surface area (Å²) in [6.45, 7) is 1.51. The normalized spacial score (nSPS) is 16.0. The molecule has 2 aromatic carbocycles. The van der Waals surface area contributed by atoms with Gasteiger partial charge in [-0.05, 0) is 55.7 Å². The summed E-state index contributed by atoms with van der Waals surface area (Å²) in [6.07, 6.45) is 1.95. The molecule has 144 valence electrons. The zero-order chi connectivity index (χ0) is 20.1. The Labute approximate surface area is 163 Å². The first-order valence-electron chi connectivity index (χ1n) is 9.23. The van der Waals surface area contributed by atoms with Crippen molar-refractivity contribution >= 4 is 17.6 Å². The molecule has 0 bridgehead atoms. The van der Waals surface area contributed by atoms with Crippen LogP contribution in [0, 0.1) is 17.1 Å². The Morgan fingerprint density at radius 1 is 1.18 bits per heavy atom. The van der Waals surface area contributed by atoms with E-state index < -0.39 is 23.4 Å². The van der Waals surface area contributed by atoms with E-state index in [2.05, 4.69) is 5.32 Å². The molecule has 1 N–H and O–H groups in total. The number of esters is 1. The molecule has 1 aliphatic rings. The van der Waals surface area contributed by atoms with E-state index >= 15 is 0 Å². The van der Waals surface area contributed by atoms with Gasteiger partial charge in [0.15, 0.2) is 6.10 Å². The van der Waals surface area contributed by atoms with Crippen molar-refractivity contribution in [2.24, 2.45) is 0 Å². The van der Waals surface area contributed by atoms with Crippen molar-refractivity contribution < 1.29 is 18.7 Å². The molecule has 0 spiro atoms. The Hall–Kier alpha value is -3.20. The van der Waals surface area contributed by atoms with Crippen LogP contribution in [0.15, 0.2) is 48.5 Å².